The normalized spacial score (nSPS) is 11.7. The van der Waals surface area contributed by atoms with Crippen LogP contribution in [0.3, 0.4) is 0 Å². The highest BCUT2D eigenvalue weighted by molar-refractivity contribution is 7.99. The Hall–Kier alpha value is -3.00. The number of methoxy groups -OCH3 is 2. The Morgan fingerprint density at radius 1 is 1.14 bits per heavy atom. The van der Waals surface area contributed by atoms with Crippen molar-refractivity contribution in [2.75, 3.05) is 14.2 Å². The topological polar surface area (TPSA) is 86.2 Å². The third kappa shape index (κ3) is 6.62. The van der Waals surface area contributed by atoms with Gasteiger partial charge in [-0.25, -0.2) is 10.2 Å². The SMILES string of the molecule is COC(=O)Oc1ccc(/C=N\NC(=O)[C@@H](C)SCc2ccccc2)cc1OC. The van der Waals surface area contributed by atoms with E-state index in [1.807, 2.05) is 37.3 Å². The summed E-state index contributed by atoms with van der Waals surface area (Å²) in [4.78, 5) is 23.4. The van der Waals surface area contributed by atoms with Crippen molar-refractivity contribution in [1.29, 1.82) is 0 Å². The molecule has 0 spiro atoms. The van der Waals surface area contributed by atoms with E-state index >= 15 is 0 Å². The Balaban J connectivity index is 1.88. The molecule has 2 rings (SSSR count). The number of thioether (sulfide) groups is 1. The molecule has 1 atom stereocenters. The summed E-state index contributed by atoms with van der Waals surface area (Å²) in [6.07, 6.45) is 0.644. The zero-order chi connectivity index (χ0) is 20.4. The van der Waals surface area contributed by atoms with Crippen LogP contribution in [0.2, 0.25) is 0 Å². The van der Waals surface area contributed by atoms with E-state index in [-0.39, 0.29) is 16.9 Å². The molecular weight excluding hydrogens is 380 g/mol. The highest BCUT2D eigenvalue weighted by Crippen LogP contribution is 2.27. The first-order chi connectivity index (χ1) is 13.5. The van der Waals surface area contributed by atoms with Crippen LogP contribution in [-0.4, -0.2) is 37.7 Å². The molecule has 2 aromatic rings. The van der Waals surface area contributed by atoms with Crippen molar-refractivity contribution in [3.63, 3.8) is 0 Å². The maximum atomic E-state index is 12.1. The molecule has 0 unspecified atom stereocenters. The lowest BCUT2D eigenvalue weighted by Crippen LogP contribution is -2.27. The molecule has 1 N–H and O–H groups in total. The molecule has 0 aliphatic heterocycles. The van der Waals surface area contributed by atoms with Crippen molar-refractivity contribution < 1.29 is 23.8 Å². The maximum Gasteiger partial charge on any atom is 0.513 e. The van der Waals surface area contributed by atoms with Gasteiger partial charge in [-0.3, -0.25) is 4.79 Å². The number of hydrogen-bond donors (Lipinski definition) is 1. The van der Waals surface area contributed by atoms with Crippen molar-refractivity contribution in [2.24, 2.45) is 5.10 Å². The molecule has 1 amide bonds. The third-order valence-electron chi connectivity index (χ3n) is 3.65. The Morgan fingerprint density at radius 2 is 1.89 bits per heavy atom. The van der Waals surface area contributed by atoms with Crippen LogP contribution < -0.4 is 14.9 Å². The Labute approximate surface area is 168 Å². The van der Waals surface area contributed by atoms with Gasteiger partial charge in [0.2, 0.25) is 0 Å². The summed E-state index contributed by atoms with van der Waals surface area (Å²) in [5, 5.41) is 3.73. The van der Waals surface area contributed by atoms with Gasteiger partial charge < -0.3 is 14.2 Å². The van der Waals surface area contributed by atoms with Gasteiger partial charge in [-0.05, 0) is 36.2 Å². The van der Waals surface area contributed by atoms with E-state index in [0.717, 1.165) is 11.3 Å². The monoisotopic (exact) mass is 402 g/mol. The quantitative estimate of drug-likeness (QED) is 0.314. The van der Waals surface area contributed by atoms with Crippen molar-refractivity contribution in [1.82, 2.24) is 5.43 Å². The Kier molecular flexibility index (Phi) is 8.36. The number of carbonyl (C=O) groups is 2. The van der Waals surface area contributed by atoms with Gasteiger partial charge in [0, 0.05) is 5.75 Å². The van der Waals surface area contributed by atoms with Gasteiger partial charge in [0.15, 0.2) is 11.5 Å². The summed E-state index contributed by atoms with van der Waals surface area (Å²) >= 11 is 1.53. The van der Waals surface area contributed by atoms with E-state index in [1.165, 1.54) is 32.2 Å². The summed E-state index contributed by atoms with van der Waals surface area (Å²) in [7, 11) is 2.67. The molecule has 2 aromatic carbocycles. The number of hydrazone groups is 1. The van der Waals surface area contributed by atoms with E-state index < -0.39 is 6.16 Å². The molecule has 0 aliphatic carbocycles. The second kappa shape index (κ2) is 11.0. The predicted molar refractivity (Wildman–Crippen MR) is 109 cm³/mol. The molecule has 0 saturated carbocycles. The molecule has 0 fully saturated rings. The summed E-state index contributed by atoms with van der Waals surface area (Å²) in [6.45, 7) is 1.83. The largest absolute Gasteiger partial charge is 0.513 e. The summed E-state index contributed by atoms with van der Waals surface area (Å²) < 4.78 is 14.6. The van der Waals surface area contributed by atoms with E-state index in [0.29, 0.717) is 11.3 Å². The first-order valence-electron chi connectivity index (χ1n) is 8.45. The molecule has 7 nitrogen and oxygen atoms in total. The van der Waals surface area contributed by atoms with Crippen LogP contribution in [0.4, 0.5) is 4.79 Å². The lowest BCUT2D eigenvalue weighted by atomic mass is 10.2. The van der Waals surface area contributed by atoms with Crippen LogP contribution in [0.5, 0.6) is 11.5 Å². The maximum absolute atomic E-state index is 12.1. The third-order valence-corrected chi connectivity index (χ3v) is 4.86. The molecular formula is C20H22N2O5S. The summed E-state index contributed by atoms with van der Waals surface area (Å²) in [6, 6.07) is 14.8. The Bertz CT molecular complexity index is 827. The minimum Gasteiger partial charge on any atom is -0.493 e. The highest BCUT2D eigenvalue weighted by atomic mass is 32.2. The van der Waals surface area contributed by atoms with Crippen LogP contribution in [0.25, 0.3) is 0 Å². The fourth-order valence-corrected chi connectivity index (χ4v) is 2.95. The molecule has 0 bridgehead atoms. The number of hydrogen-bond acceptors (Lipinski definition) is 7. The van der Waals surface area contributed by atoms with Crippen molar-refractivity contribution in [3.8, 4) is 11.5 Å². The van der Waals surface area contributed by atoms with E-state index in [9.17, 15) is 9.59 Å². The minimum atomic E-state index is -0.839. The van der Waals surface area contributed by atoms with Gasteiger partial charge in [-0.1, -0.05) is 30.3 Å². The standard InChI is InChI=1S/C20H22N2O5S/c1-14(28-13-15-7-5-4-6-8-15)19(23)22-21-12-16-9-10-17(18(11-16)25-2)27-20(24)26-3/h4-12,14H,13H2,1-3H3,(H,22,23)/b21-12-/t14-/m1/s1. The fourth-order valence-electron chi connectivity index (χ4n) is 2.11. The van der Waals surface area contributed by atoms with Crippen LogP contribution in [0.1, 0.15) is 18.1 Å². The fraction of sp³-hybridized carbons (Fsp3) is 0.250. The van der Waals surface area contributed by atoms with Crippen LogP contribution in [-0.2, 0) is 15.3 Å². The van der Waals surface area contributed by atoms with Gasteiger partial charge >= 0.3 is 6.16 Å². The first kappa shape index (κ1) is 21.3. The van der Waals surface area contributed by atoms with Gasteiger partial charge in [-0.15, -0.1) is 11.8 Å². The average molecular weight is 402 g/mol. The van der Waals surface area contributed by atoms with Gasteiger partial charge in [0.1, 0.15) is 0 Å². The van der Waals surface area contributed by atoms with Gasteiger partial charge in [0.05, 0.1) is 25.7 Å². The highest BCUT2D eigenvalue weighted by Gasteiger charge is 2.13. The lowest BCUT2D eigenvalue weighted by Gasteiger charge is -2.10. The second-order valence-corrected chi connectivity index (χ2v) is 6.97. The Morgan fingerprint density at radius 3 is 2.57 bits per heavy atom. The number of benzene rings is 2. The number of ether oxygens (including phenoxy) is 3. The zero-order valence-corrected chi connectivity index (χ0v) is 16.7. The molecule has 0 heterocycles. The molecule has 8 heteroatoms. The van der Waals surface area contributed by atoms with Crippen molar-refractivity contribution >= 4 is 30.0 Å². The first-order valence-corrected chi connectivity index (χ1v) is 9.50. The molecule has 0 radical (unpaired) electrons. The number of carbonyl (C=O) groups excluding carboxylic acids is 2. The summed E-state index contributed by atoms with van der Waals surface area (Å²) in [5.74, 6) is 1.13. The molecule has 0 saturated heterocycles. The zero-order valence-electron chi connectivity index (χ0n) is 15.9. The van der Waals surface area contributed by atoms with E-state index in [2.05, 4.69) is 15.3 Å². The number of rotatable bonds is 8. The van der Waals surface area contributed by atoms with Crippen molar-refractivity contribution in [3.05, 3.63) is 59.7 Å². The van der Waals surface area contributed by atoms with Crippen LogP contribution >= 0.6 is 11.8 Å². The van der Waals surface area contributed by atoms with Crippen LogP contribution in [0.15, 0.2) is 53.6 Å². The second-order valence-electron chi connectivity index (χ2n) is 5.64. The molecule has 0 aromatic heterocycles. The number of amides is 1. The number of nitrogens with one attached hydrogen (secondary N) is 1. The molecule has 28 heavy (non-hydrogen) atoms. The molecule has 0 aliphatic rings. The van der Waals surface area contributed by atoms with Crippen LogP contribution in [0, 0.1) is 0 Å². The van der Waals surface area contributed by atoms with Crippen molar-refractivity contribution in [2.45, 2.75) is 17.9 Å². The predicted octanol–water partition coefficient (Wildman–Crippen LogP) is 3.61. The van der Waals surface area contributed by atoms with E-state index in [4.69, 9.17) is 9.47 Å². The molecule has 148 valence electrons. The smallest absolute Gasteiger partial charge is 0.493 e. The average Bonchev–Trinajstić information content (AvgIpc) is 2.73. The van der Waals surface area contributed by atoms with Gasteiger partial charge in [0.25, 0.3) is 5.91 Å². The lowest BCUT2D eigenvalue weighted by molar-refractivity contribution is -0.120. The number of nitrogens with zero attached hydrogens (tertiary/aromatic N) is 1. The van der Waals surface area contributed by atoms with E-state index in [1.54, 1.807) is 18.2 Å². The van der Waals surface area contributed by atoms with Gasteiger partial charge in [-0.2, -0.15) is 5.10 Å². The minimum absolute atomic E-state index is 0.185. The summed E-state index contributed by atoms with van der Waals surface area (Å²) in [5.41, 5.74) is 4.35.